The molecule has 0 unspecified atom stereocenters. The van der Waals surface area contributed by atoms with Crippen LogP contribution in [0.3, 0.4) is 0 Å². The van der Waals surface area contributed by atoms with E-state index in [1.165, 1.54) is 19.2 Å². The Morgan fingerprint density at radius 1 is 1.67 bits per heavy atom. The summed E-state index contributed by atoms with van der Waals surface area (Å²) in [6.07, 6.45) is 1.95. The molecule has 0 saturated heterocycles. The summed E-state index contributed by atoms with van der Waals surface area (Å²) in [7, 11) is 0. The minimum absolute atomic E-state index is 0.160. The maximum absolute atomic E-state index is 10.9. The molecule has 0 saturated carbocycles. The number of ketones is 1. The van der Waals surface area contributed by atoms with Crippen LogP contribution in [0.25, 0.3) is 0 Å². The van der Waals surface area contributed by atoms with Gasteiger partial charge >= 0.3 is 0 Å². The second-order valence-corrected chi connectivity index (χ2v) is 2.38. The summed E-state index contributed by atoms with van der Waals surface area (Å²) in [5.41, 5.74) is 6.04. The quantitative estimate of drug-likeness (QED) is 0.515. The van der Waals surface area contributed by atoms with Gasteiger partial charge in [-0.2, -0.15) is 0 Å². The molecule has 2 N–H and O–H groups in total. The zero-order valence-electron chi connectivity index (χ0n) is 6.57. The Balaban J connectivity index is 3.25. The number of nitrogens with zero attached hydrogens (tertiary/aromatic N) is 1. The molecule has 1 aromatic heterocycles. The van der Waals surface area contributed by atoms with Gasteiger partial charge in [-0.1, -0.05) is 0 Å². The van der Waals surface area contributed by atoms with Crippen molar-refractivity contribution in [3.8, 4) is 0 Å². The first-order valence-electron chi connectivity index (χ1n) is 3.37. The van der Waals surface area contributed by atoms with E-state index in [1.54, 1.807) is 0 Å². The number of anilines is 1. The number of nitrogens with two attached hydrogens (primary N) is 1. The Labute approximate surface area is 69.4 Å². The highest BCUT2D eigenvalue weighted by atomic mass is 16.1. The minimum Gasteiger partial charge on any atom is -0.383 e. The average molecular weight is 164 g/mol. The van der Waals surface area contributed by atoms with Crippen molar-refractivity contribution in [2.75, 3.05) is 5.73 Å². The van der Waals surface area contributed by atoms with E-state index in [0.717, 1.165) is 0 Å². The van der Waals surface area contributed by atoms with Gasteiger partial charge in [0.25, 0.3) is 0 Å². The zero-order valence-corrected chi connectivity index (χ0v) is 6.57. The van der Waals surface area contributed by atoms with E-state index in [0.29, 0.717) is 17.4 Å². The molecule has 0 radical (unpaired) electrons. The molecule has 0 aromatic carbocycles. The van der Waals surface area contributed by atoms with E-state index in [2.05, 4.69) is 4.98 Å². The first-order chi connectivity index (χ1) is 5.65. The highest BCUT2D eigenvalue weighted by Gasteiger charge is 2.05. The second-order valence-electron chi connectivity index (χ2n) is 2.38. The van der Waals surface area contributed by atoms with Gasteiger partial charge in [-0.05, 0) is 13.0 Å². The van der Waals surface area contributed by atoms with Crippen molar-refractivity contribution >= 4 is 17.9 Å². The third-order valence-corrected chi connectivity index (χ3v) is 1.46. The maximum atomic E-state index is 10.9. The van der Waals surface area contributed by atoms with Gasteiger partial charge in [0.05, 0.1) is 5.56 Å². The number of nitrogen functional groups attached to an aromatic ring is 1. The van der Waals surface area contributed by atoms with Crippen LogP contribution in [-0.2, 0) is 0 Å². The SMILES string of the molecule is CC(=O)c1cc(C=O)cnc1N. The molecule has 0 fully saturated rings. The Morgan fingerprint density at radius 2 is 2.33 bits per heavy atom. The van der Waals surface area contributed by atoms with Crippen molar-refractivity contribution in [2.24, 2.45) is 0 Å². The normalized spacial score (nSPS) is 9.42. The van der Waals surface area contributed by atoms with Gasteiger partial charge in [-0.3, -0.25) is 9.59 Å². The molecule has 12 heavy (non-hydrogen) atoms. The monoisotopic (exact) mass is 164 g/mol. The first-order valence-corrected chi connectivity index (χ1v) is 3.37. The molecule has 0 atom stereocenters. The molecular weight excluding hydrogens is 156 g/mol. The Morgan fingerprint density at radius 3 is 2.83 bits per heavy atom. The average Bonchev–Trinajstić information content (AvgIpc) is 2.05. The summed E-state index contributed by atoms with van der Waals surface area (Å²) in [5, 5.41) is 0. The van der Waals surface area contributed by atoms with Crippen molar-refractivity contribution < 1.29 is 9.59 Å². The number of Topliss-reactive ketones (excluding diaryl/α,β-unsaturated/α-hetero) is 1. The van der Waals surface area contributed by atoms with E-state index in [1.807, 2.05) is 0 Å². The summed E-state index contributed by atoms with van der Waals surface area (Å²) in [6.45, 7) is 1.38. The molecule has 1 aromatic rings. The highest BCUT2D eigenvalue weighted by Crippen LogP contribution is 2.09. The van der Waals surface area contributed by atoms with Crippen molar-refractivity contribution in [3.63, 3.8) is 0 Å². The molecule has 0 aliphatic carbocycles. The van der Waals surface area contributed by atoms with Crippen LogP contribution in [0, 0.1) is 0 Å². The van der Waals surface area contributed by atoms with Crippen LogP contribution in [0.4, 0.5) is 5.82 Å². The molecule has 0 bridgehead atoms. The topological polar surface area (TPSA) is 73.0 Å². The van der Waals surface area contributed by atoms with Crippen LogP contribution >= 0.6 is 0 Å². The number of rotatable bonds is 2. The van der Waals surface area contributed by atoms with Gasteiger partial charge in [-0.15, -0.1) is 0 Å². The van der Waals surface area contributed by atoms with Crippen LogP contribution in [0.15, 0.2) is 12.3 Å². The molecule has 0 aliphatic rings. The maximum Gasteiger partial charge on any atom is 0.163 e. The van der Waals surface area contributed by atoms with Crippen LogP contribution in [-0.4, -0.2) is 17.1 Å². The van der Waals surface area contributed by atoms with Crippen LogP contribution in [0.2, 0.25) is 0 Å². The van der Waals surface area contributed by atoms with Gasteiger partial charge in [-0.25, -0.2) is 4.98 Å². The molecule has 4 nitrogen and oxygen atoms in total. The number of pyridine rings is 1. The Kier molecular flexibility index (Phi) is 2.19. The molecule has 1 heterocycles. The fourth-order valence-electron chi connectivity index (χ4n) is 0.838. The number of aromatic nitrogens is 1. The third kappa shape index (κ3) is 1.47. The molecule has 4 heteroatoms. The summed E-state index contributed by atoms with van der Waals surface area (Å²) in [4.78, 5) is 24.9. The Bertz CT molecular complexity index is 334. The predicted octanol–water partition coefficient (Wildman–Crippen LogP) is 0.679. The van der Waals surface area contributed by atoms with Gasteiger partial charge in [0.2, 0.25) is 0 Å². The predicted molar refractivity (Wildman–Crippen MR) is 44.0 cm³/mol. The van der Waals surface area contributed by atoms with E-state index in [4.69, 9.17) is 5.73 Å². The van der Waals surface area contributed by atoms with Crippen molar-refractivity contribution in [1.29, 1.82) is 0 Å². The summed E-state index contributed by atoms with van der Waals surface area (Å²) in [5.74, 6) is -0.0307. The number of hydrogen-bond acceptors (Lipinski definition) is 4. The summed E-state index contributed by atoms with van der Waals surface area (Å²) < 4.78 is 0. The van der Waals surface area contributed by atoms with Crippen molar-refractivity contribution in [2.45, 2.75) is 6.92 Å². The molecule has 0 amide bonds. The largest absolute Gasteiger partial charge is 0.383 e. The fourth-order valence-corrected chi connectivity index (χ4v) is 0.838. The second kappa shape index (κ2) is 3.13. The molecule has 1 rings (SSSR count). The van der Waals surface area contributed by atoms with Crippen molar-refractivity contribution in [1.82, 2.24) is 4.98 Å². The van der Waals surface area contributed by atoms with Crippen LogP contribution in [0.1, 0.15) is 27.6 Å². The van der Waals surface area contributed by atoms with E-state index < -0.39 is 0 Å². The van der Waals surface area contributed by atoms with Gasteiger partial charge in [0.15, 0.2) is 12.1 Å². The summed E-state index contributed by atoms with van der Waals surface area (Å²) >= 11 is 0. The molecule has 0 spiro atoms. The smallest absolute Gasteiger partial charge is 0.163 e. The summed E-state index contributed by atoms with van der Waals surface area (Å²) in [6, 6.07) is 1.43. The third-order valence-electron chi connectivity index (χ3n) is 1.46. The highest BCUT2D eigenvalue weighted by molar-refractivity contribution is 5.99. The standard InChI is InChI=1S/C8H8N2O2/c1-5(12)7-2-6(4-11)3-10-8(7)9/h2-4H,1H3,(H2,9,10). The number of carbonyl (C=O) groups excluding carboxylic acids is 2. The number of aldehydes is 1. The molecular formula is C8H8N2O2. The minimum atomic E-state index is -0.191. The first kappa shape index (κ1) is 8.39. The van der Waals surface area contributed by atoms with Gasteiger partial charge in [0.1, 0.15) is 5.82 Å². The van der Waals surface area contributed by atoms with Gasteiger partial charge in [0, 0.05) is 11.8 Å². The number of hydrogen-bond donors (Lipinski definition) is 1. The molecule has 62 valence electrons. The fraction of sp³-hybridized carbons (Fsp3) is 0.125. The van der Waals surface area contributed by atoms with Gasteiger partial charge < -0.3 is 5.73 Å². The lowest BCUT2D eigenvalue weighted by atomic mass is 10.1. The lowest BCUT2D eigenvalue weighted by Gasteiger charge is -1.99. The van der Waals surface area contributed by atoms with E-state index >= 15 is 0 Å². The lowest BCUT2D eigenvalue weighted by molar-refractivity contribution is 0.101. The van der Waals surface area contributed by atoms with Crippen LogP contribution < -0.4 is 5.73 Å². The zero-order chi connectivity index (χ0) is 9.14. The van der Waals surface area contributed by atoms with Crippen molar-refractivity contribution in [3.05, 3.63) is 23.4 Å². The number of carbonyl (C=O) groups is 2. The van der Waals surface area contributed by atoms with E-state index in [-0.39, 0.29) is 11.6 Å². The lowest BCUT2D eigenvalue weighted by Crippen LogP contribution is -2.03. The van der Waals surface area contributed by atoms with E-state index in [9.17, 15) is 9.59 Å². The Hall–Kier alpha value is -1.71. The van der Waals surface area contributed by atoms with Crippen LogP contribution in [0.5, 0.6) is 0 Å². The molecule has 0 aliphatic heterocycles.